The molecule has 2 saturated heterocycles. The molecule has 158 valence electrons. The van der Waals surface area contributed by atoms with Gasteiger partial charge in [0.1, 0.15) is 6.54 Å². The molecule has 1 amide bonds. The van der Waals surface area contributed by atoms with Crippen LogP contribution in [0.4, 0.5) is 0 Å². The van der Waals surface area contributed by atoms with E-state index in [9.17, 15) is 4.79 Å². The first-order chi connectivity index (χ1) is 12.7. The summed E-state index contributed by atoms with van der Waals surface area (Å²) in [5.74, 6) is 0.807. The van der Waals surface area contributed by atoms with Crippen LogP contribution in [0, 0.1) is 0 Å². The van der Waals surface area contributed by atoms with Crippen LogP contribution in [0.2, 0.25) is 0 Å². The highest BCUT2D eigenvalue weighted by atomic mass is 127. The molecule has 2 N–H and O–H groups in total. The molecule has 2 rings (SSSR count). The predicted octanol–water partition coefficient (Wildman–Crippen LogP) is 2.15. The number of hydrogen-bond donors (Lipinski definition) is 2. The fourth-order valence-corrected chi connectivity index (χ4v) is 3.31. The summed E-state index contributed by atoms with van der Waals surface area (Å²) in [6.45, 7) is 9.17. The molecule has 0 aliphatic carbocycles. The largest absolute Gasteiger partial charge is 0.376 e. The number of nitrogens with one attached hydrogen (secondary N) is 2. The van der Waals surface area contributed by atoms with E-state index < -0.39 is 0 Å². The second-order valence-electron chi connectivity index (χ2n) is 7.03. The van der Waals surface area contributed by atoms with E-state index in [1.54, 1.807) is 0 Å². The van der Waals surface area contributed by atoms with Gasteiger partial charge in [0, 0.05) is 32.8 Å². The van der Waals surface area contributed by atoms with E-state index in [-0.39, 0.29) is 42.5 Å². The fourth-order valence-electron chi connectivity index (χ4n) is 3.31. The van der Waals surface area contributed by atoms with Gasteiger partial charge >= 0.3 is 0 Å². The Morgan fingerprint density at radius 2 is 1.96 bits per heavy atom. The Morgan fingerprint density at radius 1 is 1.19 bits per heavy atom. The van der Waals surface area contributed by atoms with Gasteiger partial charge in [-0.15, -0.1) is 24.0 Å². The van der Waals surface area contributed by atoms with Crippen molar-refractivity contribution < 1.29 is 14.3 Å². The molecule has 7 nitrogen and oxygen atoms in total. The molecule has 0 aromatic carbocycles. The van der Waals surface area contributed by atoms with Crippen LogP contribution in [-0.2, 0) is 14.3 Å². The van der Waals surface area contributed by atoms with Gasteiger partial charge in [-0.2, -0.15) is 0 Å². The molecule has 2 heterocycles. The van der Waals surface area contributed by atoms with Crippen molar-refractivity contribution in [1.82, 2.24) is 15.5 Å². The summed E-state index contributed by atoms with van der Waals surface area (Å²) in [7, 11) is 0. The molecule has 8 heteroatoms. The third-order valence-electron chi connectivity index (χ3n) is 4.81. The summed E-state index contributed by atoms with van der Waals surface area (Å²) in [5.41, 5.74) is 0. The van der Waals surface area contributed by atoms with E-state index in [4.69, 9.17) is 9.47 Å². The summed E-state index contributed by atoms with van der Waals surface area (Å²) < 4.78 is 11.8. The van der Waals surface area contributed by atoms with Gasteiger partial charge in [-0.25, -0.2) is 4.99 Å². The molecular weight excluding hydrogens is 459 g/mol. The van der Waals surface area contributed by atoms with E-state index in [2.05, 4.69) is 20.5 Å². The first-order valence-electron chi connectivity index (χ1n) is 10.3. The zero-order valence-corrected chi connectivity index (χ0v) is 19.2. The number of hydrogen-bond acceptors (Lipinski definition) is 4. The number of ether oxygens (including phenoxy) is 2. The van der Waals surface area contributed by atoms with E-state index in [1.807, 2.05) is 13.8 Å². The average molecular weight is 496 g/mol. The van der Waals surface area contributed by atoms with Crippen molar-refractivity contribution in [2.45, 2.75) is 64.6 Å². The second-order valence-corrected chi connectivity index (χ2v) is 7.03. The van der Waals surface area contributed by atoms with Crippen molar-refractivity contribution >= 4 is 35.8 Å². The van der Waals surface area contributed by atoms with E-state index in [0.29, 0.717) is 12.6 Å². The third-order valence-corrected chi connectivity index (χ3v) is 4.81. The maximum Gasteiger partial charge on any atom is 0.241 e. The quantitative estimate of drug-likeness (QED) is 0.306. The third kappa shape index (κ3) is 9.43. The summed E-state index contributed by atoms with van der Waals surface area (Å²) >= 11 is 0. The number of likely N-dealkylation sites (tertiary alicyclic amines) is 1. The molecule has 0 aromatic heterocycles. The number of carbonyl (C=O) groups is 1. The van der Waals surface area contributed by atoms with Gasteiger partial charge in [0.15, 0.2) is 5.96 Å². The lowest BCUT2D eigenvalue weighted by molar-refractivity contribution is -0.119. The van der Waals surface area contributed by atoms with Crippen LogP contribution in [-0.4, -0.2) is 74.9 Å². The minimum absolute atomic E-state index is 0. The standard InChI is InChI=1S/C19H36N4O3.HI/c1-3-10-21-18(24)14-22-19(20-4-2)23-11-8-16(9-12-23)26-15-17-7-5-6-13-25-17;/h16-17H,3-15H2,1-2H3,(H,20,22)(H,21,24);1H. The number of aliphatic imine (C=N–C) groups is 1. The number of nitrogens with zero attached hydrogens (tertiary/aromatic N) is 2. The molecule has 0 radical (unpaired) electrons. The van der Waals surface area contributed by atoms with E-state index in [0.717, 1.165) is 64.5 Å². The van der Waals surface area contributed by atoms with Crippen LogP contribution >= 0.6 is 24.0 Å². The second kappa shape index (κ2) is 14.4. The van der Waals surface area contributed by atoms with Crippen molar-refractivity contribution in [3.8, 4) is 0 Å². The fraction of sp³-hybridized carbons (Fsp3) is 0.895. The number of piperidine rings is 1. The van der Waals surface area contributed by atoms with Crippen molar-refractivity contribution in [3.63, 3.8) is 0 Å². The predicted molar refractivity (Wildman–Crippen MR) is 119 cm³/mol. The molecular formula is C19H37IN4O3. The first kappa shape index (κ1) is 24.4. The van der Waals surface area contributed by atoms with Crippen LogP contribution in [0.5, 0.6) is 0 Å². The summed E-state index contributed by atoms with van der Waals surface area (Å²) in [4.78, 5) is 18.5. The molecule has 1 unspecified atom stereocenters. The van der Waals surface area contributed by atoms with Crippen molar-refractivity contribution in [2.75, 3.05) is 45.9 Å². The van der Waals surface area contributed by atoms with Gasteiger partial charge in [0.25, 0.3) is 0 Å². The number of rotatable bonds is 8. The van der Waals surface area contributed by atoms with Crippen molar-refractivity contribution in [3.05, 3.63) is 0 Å². The maximum absolute atomic E-state index is 11.8. The monoisotopic (exact) mass is 496 g/mol. The van der Waals surface area contributed by atoms with Crippen LogP contribution in [0.25, 0.3) is 0 Å². The van der Waals surface area contributed by atoms with Gasteiger partial charge in [0.05, 0.1) is 18.8 Å². The highest BCUT2D eigenvalue weighted by Gasteiger charge is 2.23. The molecule has 0 saturated carbocycles. The highest BCUT2D eigenvalue weighted by Crippen LogP contribution is 2.17. The zero-order valence-electron chi connectivity index (χ0n) is 16.9. The molecule has 2 aliphatic heterocycles. The Kier molecular flexibility index (Phi) is 13.0. The summed E-state index contributed by atoms with van der Waals surface area (Å²) in [5, 5.41) is 6.16. The minimum Gasteiger partial charge on any atom is -0.376 e. The Hall–Kier alpha value is -0.610. The first-order valence-corrected chi connectivity index (χ1v) is 10.3. The van der Waals surface area contributed by atoms with Gasteiger partial charge in [0.2, 0.25) is 5.91 Å². The molecule has 0 bridgehead atoms. The van der Waals surface area contributed by atoms with E-state index in [1.165, 1.54) is 12.8 Å². The lowest BCUT2D eigenvalue weighted by Gasteiger charge is -2.35. The van der Waals surface area contributed by atoms with Gasteiger partial charge in [-0.1, -0.05) is 6.92 Å². The topological polar surface area (TPSA) is 75.2 Å². The zero-order chi connectivity index (χ0) is 18.6. The Bertz CT molecular complexity index is 437. The number of amides is 1. The minimum atomic E-state index is -0.0204. The molecule has 0 spiro atoms. The highest BCUT2D eigenvalue weighted by molar-refractivity contribution is 14.0. The van der Waals surface area contributed by atoms with Gasteiger partial charge < -0.3 is 25.0 Å². The molecule has 2 aliphatic rings. The van der Waals surface area contributed by atoms with E-state index >= 15 is 0 Å². The number of carbonyl (C=O) groups excluding carboxylic acids is 1. The van der Waals surface area contributed by atoms with Crippen LogP contribution < -0.4 is 10.6 Å². The molecule has 2 fully saturated rings. The lowest BCUT2D eigenvalue weighted by atomic mass is 10.1. The van der Waals surface area contributed by atoms with Gasteiger partial charge in [-0.3, -0.25) is 4.79 Å². The van der Waals surface area contributed by atoms with Gasteiger partial charge in [-0.05, 0) is 45.4 Å². The normalized spacial score (nSPS) is 21.5. The lowest BCUT2D eigenvalue weighted by Crippen LogP contribution is -2.47. The van der Waals surface area contributed by atoms with Crippen molar-refractivity contribution in [1.29, 1.82) is 0 Å². The average Bonchev–Trinajstić information content (AvgIpc) is 2.69. The maximum atomic E-state index is 11.8. The smallest absolute Gasteiger partial charge is 0.241 e. The number of guanidine groups is 1. The van der Waals surface area contributed by atoms with Crippen molar-refractivity contribution in [2.24, 2.45) is 4.99 Å². The van der Waals surface area contributed by atoms with Crippen LogP contribution in [0.1, 0.15) is 52.4 Å². The summed E-state index contributed by atoms with van der Waals surface area (Å²) in [6, 6.07) is 0. The molecule has 27 heavy (non-hydrogen) atoms. The Balaban J connectivity index is 0.00000364. The number of halogens is 1. The molecule has 0 aromatic rings. The molecule has 1 atom stereocenters. The SMILES string of the molecule is CCCNC(=O)CN=C(NCC)N1CCC(OCC2CCCCO2)CC1.I. The van der Waals surface area contributed by atoms with Crippen LogP contribution in [0.15, 0.2) is 4.99 Å². The Morgan fingerprint density at radius 3 is 2.59 bits per heavy atom. The van der Waals surface area contributed by atoms with Crippen LogP contribution in [0.3, 0.4) is 0 Å². The summed E-state index contributed by atoms with van der Waals surface area (Å²) in [6.07, 6.45) is 7.04. The Labute approximate surface area is 181 Å².